The summed E-state index contributed by atoms with van der Waals surface area (Å²) >= 11 is 0. The molecule has 0 aromatic carbocycles. The third-order valence-electron chi connectivity index (χ3n) is 1.13. The molecule has 0 saturated carbocycles. The number of amides is 1. The molecule has 0 unspecified atom stereocenters. The lowest BCUT2D eigenvalue weighted by molar-refractivity contribution is 0.146. The predicted molar refractivity (Wildman–Crippen MR) is 44.2 cm³/mol. The lowest BCUT2D eigenvalue weighted by atomic mass is 10.3. The average Bonchev–Trinajstić information content (AvgIpc) is 2.01. The van der Waals surface area contributed by atoms with Gasteiger partial charge in [0.05, 0.1) is 6.61 Å². The van der Waals surface area contributed by atoms with Crippen LogP contribution in [0.2, 0.25) is 0 Å². The van der Waals surface area contributed by atoms with Crippen molar-refractivity contribution in [2.75, 3.05) is 13.2 Å². The second-order valence-electron chi connectivity index (χ2n) is 2.27. The van der Waals surface area contributed by atoms with Crippen LogP contribution in [0, 0.1) is 6.92 Å². The first-order valence-corrected chi connectivity index (χ1v) is 4.01. The second-order valence-corrected chi connectivity index (χ2v) is 2.27. The fourth-order valence-electron chi connectivity index (χ4n) is 0.561. The Bertz CT molecular complexity index is 104. The number of rotatable bonds is 5. The molecule has 65 valence electrons. The molecule has 0 rings (SSSR count). The van der Waals surface area contributed by atoms with Gasteiger partial charge in [-0.05, 0) is 12.8 Å². The SMILES string of the molecule is [CH2]CCCNC(=O)OCCC. The highest BCUT2D eigenvalue weighted by molar-refractivity contribution is 5.66. The Morgan fingerprint density at radius 3 is 2.91 bits per heavy atom. The molecule has 0 aromatic rings. The van der Waals surface area contributed by atoms with Gasteiger partial charge < -0.3 is 10.1 Å². The van der Waals surface area contributed by atoms with E-state index < -0.39 is 0 Å². The van der Waals surface area contributed by atoms with Crippen LogP contribution < -0.4 is 5.32 Å². The van der Waals surface area contributed by atoms with Gasteiger partial charge in [0.1, 0.15) is 0 Å². The van der Waals surface area contributed by atoms with Crippen LogP contribution in [-0.4, -0.2) is 19.2 Å². The monoisotopic (exact) mass is 158 g/mol. The van der Waals surface area contributed by atoms with Gasteiger partial charge in [0, 0.05) is 6.54 Å². The fraction of sp³-hybridized carbons (Fsp3) is 0.750. The van der Waals surface area contributed by atoms with Crippen molar-refractivity contribution in [3.8, 4) is 0 Å². The van der Waals surface area contributed by atoms with Crippen LogP contribution >= 0.6 is 0 Å². The highest BCUT2D eigenvalue weighted by Gasteiger charge is 1.97. The summed E-state index contributed by atoms with van der Waals surface area (Å²) in [6.45, 7) is 6.77. The fourth-order valence-corrected chi connectivity index (χ4v) is 0.561. The van der Waals surface area contributed by atoms with Gasteiger partial charge in [-0.3, -0.25) is 0 Å². The molecule has 0 aliphatic rings. The van der Waals surface area contributed by atoms with Crippen LogP contribution in [-0.2, 0) is 4.74 Å². The van der Waals surface area contributed by atoms with E-state index >= 15 is 0 Å². The molecule has 3 nitrogen and oxygen atoms in total. The molecule has 0 aromatic heterocycles. The van der Waals surface area contributed by atoms with Crippen molar-refractivity contribution < 1.29 is 9.53 Å². The van der Waals surface area contributed by atoms with Crippen LogP contribution in [0.3, 0.4) is 0 Å². The molecule has 0 aliphatic carbocycles. The third-order valence-corrected chi connectivity index (χ3v) is 1.13. The number of carbonyl (C=O) groups is 1. The molecule has 0 saturated heterocycles. The molecule has 1 N–H and O–H groups in total. The normalized spacial score (nSPS) is 9.27. The first kappa shape index (κ1) is 10.3. The minimum absolute atomic E-state index is 0.319. The van der Waals surface area contributed by atoms with E-state index in [4.69, 9.17) is 4.74 Å². The molecule has 1 radical (unpaired) electrons. The number of ether oxygens (including phenoxy) is 1. The minimum Gasteiger partial charge on any atom is -0.450 e. The summed E-state index contributed by atoms with van der Waals surface area (Å²) in [6, 6.07) is 0. The smallest absolute Gasteiger partial charge is 0.407 e. The van der Waals surface area contributed by atoms with Crippen molar-refractivity contribution in [2.24, 2.45) is 0 Å². The molecule has 0 bridgehead atoms. The Hall–Kier alpha value is -0.730. The van der Waals surface area contributed by atoms with Gasteiger partial charge >= 0.3 is 6.09 Å². The van der Waals surface area contributed by atoms with Crippen LogP contribution in [0.25, 0.3) is 0 Å². The summed E-state index contributed by atoms with van der Waals surface area (Å²) < 4.78 is 4.77. The molecule has 0 spiro atoms. The molecule has 0 fully saturated rings. The number of alkyl carbamates (subject to hydrolysis) is 1. The Morgan fingerprint density at radius 1 is 1.64 bits per heavy atom. The zero-order chi connectivity index (χ0) is 8.53. The van der Waals surface area contributed by atoms with Gasteiger partial charge in [-0.25, -0.2) is 4.79 Å². The predicted octanol–water partition coefficient (Wildman–Crippen LogP) is 1.74. The first-order valence-electron chi connectivity index (χ1n) is 4.01. The van der Waals surface area contributed by atoms with E-state index in [-0.39, 0.29) is 6.09 Å². The topological polar surface area (TPSA) is 38.3 Å². The Morgan fingerprint density at radius 2 is 2.36 bits per heavy atom. The molecule has 11 heavy (non-hydrogen) atoms. The highest BCUT2D eigenvalue weighted by Crippen LogP contribution is 1.85. The number of hydrogen-bond acceptors (Lipinski definition) is 2. The average molecular weight is 158 g/mol. The van der Waals surface area contributed by atoms with E-state index in [0.717, 1.165) is 19.3 Å². The largest absolute Gasteiger partial charge is 0.450 e. The van der Waals surface area contributed by atoms with Crippen molar-refractivity contribution in [2.45, 2.75) is 26.2 Å². The Labute approximate surface area is 68.1 Å². The van der Waals surface area contributed by atoms with E-state index in [0.29, 0.717) is 13.2 Å². The summed E-state index contributed by atoms with van der Waals surface area (Å²) in [5.41, 5.74) is 0. The van der Waals surface area contributed by atoms with E-state index in [1.807, 2.05) is 6.92 Å². The molecule has 0 aliphatic heterocycles. The summed E-state index contributed by atoms with van der Waals surface area (Å²) in [7, 11) is 0. The van der Waals surface area contributed by atoms with Gasteiger partial charge in [0.2, 0.25) is 0 Å². The van der Waals surface area contributed by atoms with E-state index in [1.165, 1.54) is 0 Å². The molecular formula is C8H16NO2. The van der Waals surface area contributed by atoms with Crippen molar-refractivity contribution in [3.05, 3.63) is 6.92 Å². The van der Waals surface area contributed by atoms with E-state index in [2.05, 4.69) is 12.2 Å². The van der Waals surface area contributed by atoms with Crippen LogP contribution in [0.1, 0.15) is 26.2 Å². The Balaban J connectivity index is 3.09. The highest BCUT2D eigenvalue weighted by atomic mass is 16.5. The molecule has 0 atom stereocenters. The van der Waals surface area contributed by atoms with Crippen molar-refractivity contribution in [1.82, 2.24) is 5.32 Å². The second kappa shape index (κ2) is 7.38. The molecule has 3 heteroatoms. The van der Waals surface area contributed by atoms with Crippen molar-refractivity contribution >= 4 is 6.09 Å². The van der Waals surface area contributed by atoms with Crippen LogP contribution in [0.5, 0.6) is 0 Å². The Kier molecular flexibility index (Phi) is 6.89. The summed E-state index contributed by atoms with van der Waals surface area (Å²) in [5.74, 6) is 0. The summed E-state index contributed by atoms with van der Waals surface area (Å²) in [5, 5.41) is 2.62. The molecular weight excluding hydrogens is 142 g/mol. The van der Waals surface area contributed by atoms with Crippen LogP contribution in [0.4, 0.5) is 4.79 Å². The van der Waals surface area contributed by atoms with Gasteiger partial charge in [-0.1, -0.05) is 20.3 Å². The standard InChI is InChI=1S/C8H16NO2/c1-3-5-6-9-8(10)11-7-4-2/h1,3-7H2,2H3,(H,9,10). The number of nitrogens with one attached hydrogen (secondary N) is 1. The van der Waals surface area contributed by atoms with Crippen LogP contribution in [0.15, 0.2) is 0 Å². The zero-order valence-corrected chi connectivity index (χ0v) is 7.06. The van der Waals surface area contributed by atoms with Crippen molar-refractivity contribution in [1.29, 1.82) is 0 Å². The maximum absolute atomic E-state index is 10.7. The maximum atomic E-state index is 10.7. The number of hydrogen-bond donors (Lipinski definition) is 1. The lowest BCUT2D eigenvalue weighted by Crippen LogP contribution is -2.25. The van der Waals surface area contributed by atoms with Crippen molar-refractivity contribution in [3.63, 3.8) is 0 Å². The van der Waals surface area contributed by atoms with E-state index in [9.17, 15) is 4.79 Å². The summed E-state index contributed by atoms with van der Waals surface area (Å²) in [4.78, 5) is 10.7. The summed E-state index contributed by atoms with van der Waals surface area (Å²) in [6.07, 6.45) is 2.29. The van der Waals surface area contributed by atoms with Gasteiger partial charge in [0.15, 0.2) is 0 Å². The lowest BCUT2D eigenvalue weighted by Gasteiger charge is -2.03. The van der Waals surface area contributed by atoms with E-state index in [1.54, 1.807) is 0 Å². The zero-order valence-electron chi connectivity index (χ0n) is 7.06. The molecule has 0 heterocycles. The quantitative estimate of drug-likeness (QED) is 0.619. The minimum atomic E-state index is -0.319. The van der Waals surface area contributed by atoms with Gasteiger partial charge in [-0.2, -0.15) is 0 Å². The number of carbonyl (C=O) groups excluding carboxylic acids is 1. The third kappa shape index (κ3) is 7.16. The molecule has 1 amide bonds. The maximum Gasteiger partial charge on any atom is 0.407 e. The first-order chi connectivity index (χ1) is 5.31. The number of unbranched alkanes of at least 4 members (excludes halogenated alkanes) is 1. The van der Waals surface area contributed by atoms with Gasteiger partial charge in [-0.15, -0.1) is 0 Å². The van der Waals surface area contributed by atoms with Gasteiger partial charge in [0.25, 0.3) is 0 Å².